The Kier molecular flexibility index (Phi) is 7.72. The third-order valence-corrected chi connectivity index (χ3v) is 3.56. The van der Waals surface area contributed by atoms with Crippen molar-refractivity contribution in [3.8, 4) is 0 Å². The van der Waals surface area contributed by atoms with E-state index in [1.165, 1.54) is 0 Å². The van der Waals surface area contributed by atoms with Gasteiger partial charge in [-0.2, -0.15) is 12.6 Å². The lowest BCUT2D eigenvalue weighted by atomic mass is 10.2. The van der Waals surface area contributed by atoms with Crippen LogP contribution in [-0.4, -0.2) is 54.6 Å². The van der Waals surface area contributed by atoms with Crippen LogP contribution in [0.2, 0.25) is 0 Å². The Morgan fingerprint density at radius 1 is 0.909 bits per heavy atom. The van der Waals surface area contributed by atoms with Crippen molar-refractivity contribution in [2.45, 2.75) is 38.3 Å². The highest BCUT2D eigenvalue weighted by molar-refractivity contribution is 7.80. The SMILES string of the molecule is CC[C@H]1NC(=O)CCNC(=O)[C@H](CS)NC(=O)CCNC1=O. The first kappa shape index (κ1) is 18.3. The van der Waals surface area contributed by atoms with Crippen LogP contribution in [0.15, 0.2) is 0 Å². The molecule has 124 valence electrons. The zero-order chi connectivity index (χ0) is 16.5. The topological polar surface area (TPSA) is 116 Å². The van der Waals surface area contributed by atoms with Crippen molar-refractivity contribution >= 4 is 36.3 Å². The molecule has 9 heteroatoms. The van der Waals surface area contributed by atoms with Gasteiger partial charge in [-0.15, -0.1) is 0 Å². The average molecular weight is 330 g/mol. The molecule has 0 unspecified atom stereocenters. The molecule has 0 aromatic heterocycles. The van der Waals surface area contributed by atoms with Gasteiger partial charge < -0.3 is 21.3 Å². The maximum atomic E-state index is 11.9. The maximum absolute atomic E-state index is 11.9. The first-order valence-electron chi connectivity index (χ1n) is 7.23. The lowest BCUT2D eigenvalue weighted by Gasteiger charge is -2.20. The van der Waals surface area contributed by atoms with Crippen LogP contribution in [0.3, 0.4) is 0 Å². The molecule has 0 spiro atoms. The quantitative estimate of drug-likeness (QED) is 0.389. The van der Waals surface area contributed by atoms with Gasteiger partial charge in [-0.25, -0.2) is 0 Å². The molecule has 0 bridgehead atoms. The minimum Gasteiger partial charge on any atom is -0.354 e. The molecule has 8 nitrogen and oxygen atoms in total. The number of rotatable bonds is 2. The minimum absolute atomic E-state index is 0.0493. The van der Waals surface area contributed by atoms with Gasteiger partial charge in [-0.05, 0) is 6.42 Å². The first-order chi connectivity index (χ1) is 10.5. The highest BCUT2D eigenvalue weighted by Crippen LogP contribution is 1.96. The number of hydrogen-bond donors (Lipinski definition) is 5. The number of nitrogens with one attached hydrogen (secondary N) is 4. The van der Waals surface area contributed by atoms with Crippen molar-refractivity contribution in [3.05, 3.63) is 0 Å². The van der Waals surface area contributed by atoms with Crippen molar-refractivity contribution in [1.82, 2.24) is 21.3 Å². The fraction of sp³-hybridized carbons (Fsp3) is 0.692. The maximum Gasteiger partial charge on any atom is 0.243 e. The molecule has 0 saturated carbocycles. The Hall–Kier alpha value is -1.77. The van der Waals surface area contributed by atoms with Crippen molar-refractivity contribution in [1.29, 1.82) is 0 Å². The number of hydrogen-bond acceptors (Lipinski definition) is 5. The van der Waals surface area contributed by atoms with Crippen LogP contribution >= 0.6 is 12.6 Å². The van der Waals surface area contributed by atoms with E-state index in [0.717, 1.165) is 0 Å². The lowest BCUT2D eigenvalue weighted by Crippen LogP contribution is -2.51. The Morgan fingerprint density at radius 2 is 1.36 bits per heavy atom. The van der Waals surface area contributed by atoms with E-state index in [1.54, 1.807) is 6.92 Å². The molecule has 1 aliphatic heterocycles. The third-order valence-electron chi connectivity index (χ3n) is 3.20. The molecule has 1 rings (SSSR count). The van der Waals surface area contributed by atoms with E-state index in [0.29, 0.717) is 6.42 Å². The van der Waals surface area contributed by atoms with Crippen molar-refractivity contribution in [2.75, 3.05) is 18.8 Å². The summed E-state index contributed by atoms with van der Waals surface area (Å²) >= 11 is 4.03. The predicted molar refractivity (Wildman–Crippen MR) is 83.3 cm³/mol. The summed E-state index contributed by atoms with van der Waals surface area (Å²) in [7, 11) is 0. The molecule has 2 atom stereocenters. The van der Waals surface area contributed by atoms with E-state index in [1.807, 2.05) is 0 Å². The van der Waals surface area contributed by atoms with E-state index in [2.05, 4.69) is 33.9 Å². The molecular formula is C13H22N4O4S. The molecule has 0 aliphatic carbocycles. The molecule has 22 heavy (non-hydrogen) atoms. The van der Waals surface area contributed by atoms with Gasteiger partial charge in [0.1, 0.15) is 12.1 Å². The van der Waals surface area contributed by atoms with Crippen LogP contribution in [0.4, 0.5) is 0 Å². The zero-order valence-corrected chi connectivity index (χ0v) is 13.4. The minimum atomic E-state index is -0.763. The number of amides is 4. The second-order valence-electron chi connectivity index (χ2n) is 4.91. The monoisotopic (exact) mass is 330 g/mol. The van der Waals surface area contributed by atoms with Gasteiger partial charge in [-0.3, -0.25) is 19.2 Å². The molecule has 4 N–H and O–H groups in total. The van der Waals surface area contributed by atoms with Crippen molar-refractivity contribution < 1.29 is 19.2 Å². The van der Waals surface area contributed by atoms with E-state index in [-0.39, 0.29) is 55.3 Å². The number of carbonyl (C=O) groups is 4. The van der Waals surface area contributed by atoms with Crippen LogP contribution in [0.5, 0.6) is 0 Å². The molecule has 0 aromatic carbocycles. The van der Waals surface area contributed by atoms with Crippen LogP contribution in [0.25, 0.3) is 0 Å². The molecule has 1 aliphatic rings. The van der Waals surface area contributed by atoms with Crippen LogP contribution in [0, 0.1) is 0 Å². The largest absolute Gasteiger partial charge is 0.354 e. The van der Waals surface area contributed by atoms with Gasteiger partial charge in [0.15, 0.2) is 0 Å². The van der Waals surface area contributed by atoms with Crippen LogP contribution < -0.4 is 21.3 Å². The fourth-order valence-electron chi connectivity index (χ4n) is 1.92. The molecule has 1 heterocycles. The summed E-state index contributed by atoms with van der Waals surface area (Å²) in [5.41, 5.74) is 0. The zero-order valence-electron chi connectivity index (χ0n) is 12.5. The molecule has 1 saturated heterocycles. The smallest absolute Gasteiger partial charge is 0.243 e. The van der Waals surface area contributed by atoms with Gasteiger partial charge in [0.25, 0.3) is 0 Å². The fourth-order valence-corrected chi connectivity index (χ4v) is 2.18. The summed E-state index contributed by atoms with van der Waals surface area (Å²) in [6.45, 7) is 2.04. The molecule has 1 fully saturated rings. The summed E-state index contributed by atoms with van der Waals surface area (Å²) in [5.74, 6) is -1.22. The summed E-state index contributed by atoms with van der Waals surface area (Å²) in [6.07, 6.45) is 0.550. The van der Waals surface area contributed by atoms with E-state index < -0.39 is 12.1 Å². The van der Waals surface area contributed by atoms with Crippen LogP contribution in [-0.2, 0) is 19.2 Å². The Labute approximate surface area is 134 Å². The average Bonchev–Trinajstić information content (AvgIpc) is 2.49. The molecule has 0 aromatic rings. The summed E-state index contributed by atoms with van der Waals surface area (Å²) in [6, 6.07) is -1.40. The number of carbonyl (C=O) groups excluding carboxylic acids is 4. The highest BCUT2D eigenvalue weighted by Gasteiger charge is 2.22. The lowest BCUT2D eigenvalue weighted by molar-refractivity contribution is -0.131. The standard InChI is InChI=1S/C13H22N4O4S/c1-2-8-12(20)14-5-4-11(19)17-9(7-22)13(21)15-6-3-10(18)16-8/h8-9,22H,2-7H2,1H3,(H,14,20)(H,15,21)(H,16,18)(H,17,19)/t8-,9+/m1/s1. The first-order valence-corrected chi connectivity index (χ1v) is 7.86. The second kappa shape index (κ2) is 9.29. The van der Waals surface area contributed by atoms with E-state index >= 15 is 0 Å². The van der Waals surface area contributed by atoms with Crippen molar-refractivity contribution in [2.24, 2.45) is 0 Å². The Bertz CT molecular complexity index is 404. The van der Waals surface area contributed by atoms with E-state index in [9.17, 15) is 19.2 Å². The van der Waals surface area contributed by atoms with Gasteiger partial charge in [-0.1, -0.05) is 6.92 Å². The molecular weight excluding hydrogens is 308 g/mol. The van der Waals surface area contributed by atoms with Gasteiger partial charge in [0.05, 0.1) is 0 Å². The highest BCUT2D eigenvalue weighted by atomic mass is 32.1. The summed E-state index contributed by atoms with van der Waals surface area (Å²) < 4.78 is 0. The summed E-state index contributed by atoms with van der Waals surface area (Å²) in [4.78, 5) is 47.2. The molecule has 0 radical (unpaired) electrons. The Balaban J connectivity index is 2.73. The second-order valence-corrected chi connectivity index (χ2v) is 5.28. The van der Waals surface area contributed by atoms with Crippen molar-refractivity contribution in [3.63, 3.8) is 0 Å². The number of thiol groups is 1. The predicted octanol–water partition coefficient (Wildman–Crippen LogP) is -1.68. The molecule has 4 amide bonds. The van der Waals surface area contributed by atoms with Gasteiger partial charge in [0, 0.05) is 31.7 Å². The summed E-state index contributed by atoms with van der Waals surface area (Å²) in [5, 5.41) is 10.3. The normalized spacial score (nSPS) is 25.4. The third kappa shape index (κ3) is 5.92. The van der Waals surface area contributed by atoms with Crippen LogP contribution in [0.1, 0.15) is 26.2 Å². The van der Waals surface area contributed by atoms with Gasteiger partial charge >= 0.3 is 0 Å². The van der Waals surface area contributed by atoms with E-state index in [4.69, 9.17) is 0 Å². The van der Waals surface area contributed by atoms with Gasteiger partial charge in [0.2, 0.25) is 23.6 Å². The Morgan fingerprint density at radius 3 is 1.82 bits per heavy atom.